The minimum Gasteiger partial charge on any atom is -0.362 e. The second-order valence-electron chi connectivity index (χ2n) is 4.39. The van der Waals surface area contributed by atoms with Crippen LogP contribution < -0.4 is 5.32 Å². The Hall–Kier alpha value is -2.02. The molecule has 1 N–H and O–H groups in total. The molecule has 0 atom stereocenters. The molecule has 3 aromatic heterocycles. The van der Waals surface area contributed by atoms with E-state index < -0.39 is 0 Å². The van der Waals surface area contributed by atoms with E-state index in [9.17, 15) is 0 Å². The van der Waals surface area contributed by atoms with E-state index in [0.29, 0.717) is 6.54 Å². The maximum absolute atomic E-state index is 4.34. The maximum atomic E-state index is 4.34. The van der Waals surface area contributed by atoms with Crippen LogP contribution in [0.1, 0.15) is 24.5 Å². The molecule has 6 nitrogen and oxygen atoms in total. The van der Waals surface area contributed by atoms with Crippen LogP contribution in [0.15, 0.2) is 18.7 Å². The van der Waals surface area contributed by atoms with Gasteiger partial charge >= 0.3 is 0 Å². The Morgan fingerprint density at radius 3 is 3.00 bits per heavy atom. The molecule has 3 rings (SSSR count). The third-order valence-corrected chi connectivity index (χ3v) is 4.37. The Morgan fingerprint density at radius 1 is 1.30 bits per heavy atom. The zero-order valence-corrected chi connectivity index (χ0v) is 12.3. The zero-order chi connectivity index (χ0) is 13.9. The van der Waals surface area contributed by atoms with Gasteiger partial charge in [0.2, 0.25) is 0 Å². The van der Waals surface area contributed by atoms with Gasteiger partial charge in [-0.2, -0.15) is 0 Å². The number of aryl methyl sites for hydroxylation is 2. The van der Waals surface area contributed by atoms with Gasteiger partial charge in [0.15, 0.2) is 5.82 Å². The fraction of sp³-hybridized carbons (Fsp3) is 0.385. The first-order valence-electron chi connectivity index (χ1n) is 6.65. The van der Waals surface area contributed by atoms with E-state index in [-0.39, 0.29) is 0 Å². The molecule has 0 fully saturated rings. The van der Waals surface area contributed by atoms with Gasteiger partial charge in [0.1, 0.15) is 23.3 Å². The number of thiophene rings is 1. The van der Waals surface area contributed by atoms with Gasteiger partial charge in [-0.1, -0.05) is 6.92 Å². The molecule has 0 saturated carbocycles. The summed E-state index contributed by atoms with van der Waals surface area (Å²) in [6.07, 6.45) is 4.36. The maximum Gasteiger partial charge on any atom is 0.152 e. The van der Waals surface area contributed by atoms with Crippen molar-refractivity contribution in [2.24, 2.45) is 0 Å². The van der Waals surface area contributed by atoms with Gasteiger partial charge in [-0.15, -0.1) is 21.5 Å². The van der Waals surface area contributed by atoms with Gasteiger partial charge in [-0.3, -0.25) is 0 Å². The summed E-state index contributed by atoms with van der Waals surface area (Å²) in [6, 6.07) is 2.16. The Bertz CT molecular complexity index is 717. The number of nitrogens with one attached hydrogen (secondary N) is 1. The van der Waals surface area contributed by atoms with E-state index in [2.05, 4.69) is 45.4 Å². The van der Waals surface area contributed by atoms with Gasteiger partial charge in [0.25, 0.3) is 0 Å². The molecule has 104 valence electrons. The van der Waals surface area contributed by atoms with Crippen LogP contribution in [0.25, 0.3) is 10.2 Å². The second kappa shape index (κ2) is 5.54. The predicted octanol–water partition coefficient (Wildman–Crippen LogP) is 2.48. The molecule has 7 heteroatoms. The summed E-state index contributed by atoms with van der Waals surface area (Å²) in [5.41, 5.74) is 0. The van der Waals surface area contributed by atoms with E-state index in [1.807, 2.05) is 4.57 Å². The lowest BCUT2D eigenvalue weighted by Gasteiger charge is -2.06. The number of anilines is 1. The highest BCUT2D eigenvalue weighted by atomic mass is 32.1. The molecule has 0 spiro atoms. The van der Waals surface area contributed by atoms with Crippen molar-refractivity contribution in [2.75, 3.05) is 5.32 Å². The topological polar surface area (TPSA) is 68.5 Å². The number of hydrogen-bond donors (Lipinski definition) is 1. The molecule has 0 aliphatic heterocycles. The minimum absolute atomic E-state index is 0.608. The quantitative estimate of drug-likeness (QED) is 0.781. The normalized spacial score (nSPS) is 11.1. The number of rotatable bonds is 5. The third kappa shape index (κ3) is 2.36. The Kier molecular flexibility index (Phi) is 3.60. The van der Waals surface area contributed by atoms with E-state index in [4.69, 9.17) is 0 Å². The van der Waals surface area contributed by atoms with Crippen molar-refractivity contribution in [3.63, 3.8) is 0 Å². The molecule has 20 heavy (non-hydrogen) atoms. The number of nitrogens with zero attached hydrogens (tertiary/aromatic N) is 5. The lowest BCUT2D eigenvalue weighted by atomic mass is 10.3. The molecular weight excluding hydrogens is 272 g/mol. The smallest absolute Gasteiger partial charge is 0.152 e. The summed E-state index contributed by atoms with van der Waals surface area (Å²) in [6.45, 7) is 5.69. The largest absolute Gasteiger partial charge is 0.362 e. The van der Waals surface area contributed by atoms with Crippen LogP contribution in [0.2, 0.25) is 0 Å². The highest BCUT2D eigenvalue weighted by Gasteiger charge is 2.09. The summed E-state index contributed by atoms with van der Waals surface area (Å²) in [5, 5.41) is 12.5. The summed E-state index contributed by atoms with van der Waals surface area (Å²) in [4.78, 5) is 11.0. The second-order valence-corrected chi connectivity index (χ2v) is 5.51. The van der Waals surface area contributed by atoms with Gasteiger partial charge in [0.05, 0.1) is 11.9 Å². The van der Waals surface area contributed by atoms with Crippen LogP contribution in [0.3, 0.4) is 0 Å². The molecule has 0 amide bonds. The van der Waals surface area contributed by atoms with Crippen LogP contribution >= 0.6 is 11.3 Å². The van der Waals surface area contributed by atoms with Gasteiger partial charge in [-0.25, -0.2) is 9.97 Å². The SMILES string of the molecule is CCc1cc2c(NCc3nncn3CC)ncnc2s1. The highest BCUT2D eigenvalue weighted by Crippen LogP contribution is 2.28. The first kappa shape index (κ1) is 13.0. The van der Waals surface area contributed by atoms with E-state index in [1.54, 1.807) is 24.0 Å². The average molecular weight is 288 g/mol. The van der Waals surface area contributed by atoms with Gasteiger partial charge in [0, 0.05) is 11.4 Å². The number of hydrogen-bond acceptors (Lipinski definition) is 6. The van der Waals surface area contributed by atoms with Crippen molar-refractivity contribution in [1.29, 1.82) is 0 Å². The monoisotopic (exact) mass is 288 g/mol. The fourth-order valence-electron chi connectivity index (χ4n) is 2.06. The molecule has 0 aliphatic carbocycles. The Balaban J connectivity index is 1.85. The third-order valence-electron chi connectivity index (χ3n) is 3.18. The lowest BCUT2D eigenvalue weighted by molar-refractivity contribution is 0.707. The van der Waals surface area contributed by atoms with E-state index in [0.717, 1.165) is 34.8 Å². The Labute approximate surface area is 120 Å². The van der Waals surface area contributed by atoms with Crippen molar-refractivity contribution in [3.8, 4) is 0 Å². The van der Waals surface area contributed by atoms with Gasteiger partial charge < -0.3 is 9.88 Å². The summed E-state index contributed by atoms with van der Waals surface area (Å²) in [7, 11) is 0. The molecule has 0 radical (unpaired) electrons. The van der Waals surface area contributed by atoms with Crippen LogP contribution in [0, 0.1) is 0 Å². The van der Waals surface area contributed by atoms with Crippen LogP contribution in [-0.4, -0.2) is 24.7 Å². The molecular formula is C13H16N6S. The van der Waals surface area contributed by atoms with Crippen LogP contribution in [0.4, 0.5) is 5.82 Å². The number of fused-ring (bicyclic) bond motifs is 1. The van der Waals surface area contributed by atoms with Crippen LogP contribution in [0.5, 0.6) is 0 Å². The summed E-state index contributed by atoms with van der Waals surface area (Å²) in [5.74, 6) is 1.77. The van der Waals surface area contributed by atoms with Crippen molar-refractivity contribution in [2.45, 2.75) is 33.4 Å². The summed E-state index contributed by atoms with van der Waals surface area (Å²) < 4.78 is 2.01. The lowest BCUT2D eigenvalue weighted by Crippen LogP contribution is -2.08. The standard InChI is InChI=1S/C13H16N6S/c1-3-9-5-10-12(15-7-16-13(10)20-9)14-6-11-18-17-8-19(11)4-2/h5,7-8H,3-4,6H2,1-2H3,(H,14,15,16). The molecule has 0 aromatic carbocycles. The van der Waals surface area contributed by atoms with Gasteiger partial charge in [-0.05, 0) is 19.4 Å². The van der Waals surface area contributed by atoms with Crippen molar-refractivity contribution in [3.05, 3.63) is 29.4 Å². The molecule has 0 aliphatic rings. The van der Waals surface area contributed by atoms with Crippen molar-refractivity contribution in [1.82, 2.24) is 24.7 Å². The van der Waals surface area contributed by atoms with Crippen molar-refractivity contribution >= 4 is 27.4 Å². The predicted molar refractivity (Wildman–Crippen MR) is 79.8 cm³/mol. The molecule has 3 aromatic rings. The average Bonchev–Trinajstić information content (AvgIpc) is 3.10. The minimum atomic E-state index is 0.608. The molecule has 3 heterocycles. The van der Waals surface area contributed by atoms with Crippen molar-refractivity contribution < 1.29 is 0 Å². The molecule has 0 saturated heterocycles. The first-order chi connectivity index (χ1) is 9.81. The highest BCUT2D eigenvalue weighted by molar-refractivity contribution is 7.18. The zero-order valence-electron chi connectivity index (χ0n) is 11.5. The molecule has 0 unspecified atom stereocenters. The number of aromatic nitrogens is 5. The fourth-order valence-corrected chi connectivity index (χ4v) is 3.00. The summed E-state index contributed by atoms with van der Waals surface area (Å²) >= 11 is 1.72. The Morgan fingerprint density at radius 2 is 2.20 bits per heavy atom. The molecule has 0 bridgehead atoms. The first-order valence-corrected chi connectivity index (χ1v) is 7.47. The van der Waals surface area contributed by atoms with E-state index in [1.165, 1.54) is 4.88 Å². The van der Waals surface area contributed by atoms with Crippen LogP contribution in [-0.2, 0) is 19.5 Å². The van der Waals surface area contributed by atoms with E-state index >= 15 is 0 Å².